The third kappa shape index (κ3) is 3.04. The van der Waals surface area contributed by atoms with Crippen molar-refractivity contribution >= 4 is 17.8 Å². The number of fused-ring (bicyclic) bond motifs is 3. The van der Waals surface area contributed by atoms with Crippen LogP contribution in [0.25, 0.3) is 0 Å². The first kappa shape index (κ1) is 18.2. The van der Waals surface area contributed by atoms with Crippen molar-refractivity contribution in [1.29, 1.82) is 0 Å². The first-order valence-electron chi connectivity index (χ1n) is 9.82. The molecule has 3 aliphatic rings. The average Bonchev–Trinajstić information content (AvgIpc) is 2.99. The van der Waals surface area contributed by atoms with Gasteiger partial charge in [-0.15, -0.1) is 0 Å². The molecule has 2 heterocycles. The predicted octanol–water partition coefficient (Wildman–Crippen LogP) is 2.11. The maximum atomic E-state index is 13.3. The molecule has 0 bridgehead atoms. The van der Waals surface area contributed by atoms with Crippen molar-refractivity contribution in [3.05, 3.63) is 0 Å². The molecule has 140 valence electrons. The van der Waals surface area contributed by atoms with Gasteiger partial charge in [0, 0.05) is 6.04 Å². The first-order valence-corrected chi connectivity index (χ1v) is 9.82. The number of amides is 2. The number of esters is 1. The highest BCUT2D eigenvalue weighted by molar-refractivity contribution is 5.99. The summed E-state index contributed by atoms with van der Waals surface area (Å²) in [7, 11) is 0. The maximum absolute atomic E-state index is 13.3. The minimum absolute atomic E-state index is 0.00408. The molecule has 6 nitrogen and oxygen atoms in total. The molecule has 1 aliphatic carbocycles. The lowest BCUT2D eigenvalue weighted by atomic mass is 9.85. The Morgan fingerprint density at radius 1 is 1.20 bits per heavy atom. The summed E-state index contributed by atoms with van der Waals surface area (Å²) < 4.78 is 5.19. The lowest BCUT2D eigenvalue weighted by Gasteiger charge is -2.45. The summed E-state index contributed by atoms with van der Waals surface area (Å²) >= 11 is 0. The number of rotatable bonds is 5. The molecule has 25 heavy (non-hydrogen) atoms. The van der Waals surface area contributed by atoms with Crippen molar-refractivity contribution in [3.63, 3.8) is 0 Å². The average molecular weight is 350 g/mol. The Kier molecular flexibility index (Phi) is 5.35. The van der Waals surface area contributed by atoms with E-state index < -0.39 is 12.1 Å². The van der Waals surface area contributed by atoms with Crippen LogP contribution in [0.15, 0.2) is 0 Å². The zero-order valence-electron chi connectivity index (χ0n) is 15.6. The minimum atomic E-state index is -0.652. The Labute approximate surface area is 149 Å². The second-order valence-corrected chi connectivity index (χ2v) is 7.59. The number of carbonyl (C=O) groups is 3. The molecular formula is C19H30N2O4. The van der Waals surface area contributed by atoms with Gasteiger partial charge in [0.25, 0.3) is 0 Å². The highest BCUT2D eigenvalue weighted by Crippen LogP contribution is 2.43. The molecule has 1 unspecified atom stereocenters. The number of carbonyl (C=O) groups excluding carboxylic acids is 3. The summed E-state index contributed by atoms with van der Waals surface area (Å²) in [5.41, 5.74) is 0. The molecule has 2 saturated heterocycles. The zero-order valence-corrected chi connectivity index (χ0v) is 15.6. The fourth-order valence-electron chi connectivity index (χ4n) is 5.00. The molecule has 1 saturated carbocycles. The van der Waals surface area contributed by atoms with Crippen molar-refractivity contribution in [3.8, 4) is 0 Å². The van der Waals surface area contributed by atoms with E-state index >= 15 is 0 Å². The molecule has 0 aromatic rings. The second-order valence-electron chi connectivity index (χ2n) is 7.59. The highest BCUT2D eigenvalue weighted by atomic mass is 16.5. The molecular weight excluding hydrogens is 320 g/mol. The van der Waals surface area contributed by atoms with Gasteiger partial charge in [-0.3, -0.25) is 9.59 Å². The fourth-order valence-corrected chi connectivity index (χ4v) is 5.00. The summed E-state index contributed by atoms with van der Waals surface area (Å²) in [6.45, 7) is 5.78. The number of piperazine rings is 1. The summed E-state index contributed by atoms with van der Waals surface area (Å²) in [6, 6.07) is -1.41. The molecule has 0 aromatic carbocycles. The number of ether oxygens (including phenoxy) is 1. The summed E-state index contributed by atoms with van der Waals surface area (Å²) in [5.74, 6) is -0.00960. The van der Waals surface area contributed by atoms with E-state index in [4.69, 9.17) is 4.74 Å². The smallest absolute Gasteiger partial charge is 0.328 e. The van der Waals surface area contributed by atoms with Crippen LogP contribution in [0.1, 0.15) is 65.7 Å². The summed E-state index contributed by atoms with van der Waals surface area (Å²) in [6.07, 6.45) is 6.46. The van der Waals surface area contributed by atoms with Crippen molar-refractivity contribution in [1.82, 2.24) is 9.80 Å². The van der Waals surface area contributed by atoms with Crippen LogP contribution in [0.2, 0.25) is 0 Å². The van der Waals surface area contributed by atoms with E-state index in [-0.39, 0.29) is 36.5 Å². The van der Waals surface area contributed by atoms with Gasteiger partial charge in [-0.25, -0.2) is 4.79 Å². The lowest BCUT2D eigenvalue weighted by Crippen LogP contribution is -2.67. The van der Waals surface area contributed by atoms with E-state index in [1.165, 1.54) is 11.3 Å². The molecule has 5 atom stereocenters. The molecule has 0 aromatic heterocycles. The molecule has 3 fully saturated rings. The molecule has 0 spiro atoms. The van der Waals surface area contributed by atoms with Crippen molar-refractivity contribution in [2.24, 2.45) is 5.92 Å². The molecule has 2 aliphatic heterocycles. The Morgan fingerprint density at radius 3 is 2.60 bits per heavy atom. The van der Waals surface area contributed by atoms with Gasteiger partial charge in [0.05, 0.1) is 6.61 Å². The largest absolute Gasteiger partial charge is 0.464 e. The van der Waals surface area contributed by atoms with Gasteiger partial charge < -0.3 is 14.5 Å². The van der Waals surface area contributed by atoms with Crippen LogP contribution in [-0.4, -0.2) is 58.4 Å². The Hall–Kier alpha value is -1.59. The number of hydrogen-bond donors (Lipinski definition) is 0. The van der Waals surface area contributed by atoms with Gasteiger partial charge in [0.15, 0.2) is 0 Å². The Bertz CT molecular complexity index is 550. The quantitative estimate of drug-likeness (QED) is 0.712. The minimum Gasteiger partial charge on any atom is -0.464 e. The van der Waals surface area contributed by atoms with E-state index in [0.29, 0.717) is 12.3 Å². The van der Waals surface area contributed by atoms with Gasteiger partial charge in [-0.05, 0) is 45.4 Å². The monoisotopic (exact) mass is 350 g/mol. The highest BCUT2D eigenvalue weighted by Gasteiger charge is 2.55. The Balaban J connectivity index is 1.88. The standard InChI is InChI=1S/C19H30N2O4/c1-4-8-15(19(24)25-5-2)20-12(3)17(22)21-14-10-7-6-9-13(14)11-16(21)18(20)23/h12-16H,4-11H2,1-3H3/t12-,13-,14-,15-,16?/m0/s1. The molecule has 6 heteroatoms. The number of nitrogens with zero attached hydrogens (tertiary/aromatic N) is 2. The van der Waals surface area contributed by atoms with Crippen LogP contribution in [0.5, 0.6) is 0 Å². The number of hydrogen-bond acceptors (Lipinski definition) is 4. The van der Waals surface area contributed by atoms with Crippen LogP contribution >= 0.6 is 0 Å². The first-order chi connectivity index (χ1) is 12.0. The van der Waals surface area contributed by atoms with E-state index in [1.54, 1.807) is 13.8 Å². The summed E-state index contributed by atoms with van der Waals surface area (Å²) in [4.78, 5) is 42.2. The lowest BCUT2D eigenvalue weighted by molar-refractivity contribution is -0.170. The van der Waals surface area contributed by atoms with E-state index in [9.17, 15) is 14.4 Å². The second kappa shape index (κ2) is 7.34. The van der Waals surface area contributed by atoms with Crippen LogP contribution in [0.3, 0.4) is 0 Å². The van der Waals surface area contributed by atoms with Gasteiger partial charge in [-0.2, -0.15) is 0 Å². The van der Waals surface area contributed by atoms with E-state index in [2.05, 4.69) is 0 Å². The topological polar surface area (TPSA) is 66.9 Å². The molecule has 0 N–H and O–H groups in total. The van der Waals surface area contributed by atoms with Gasteiger partial charge in [0.1, 0.15) is 18.1 Å². The SMILES string of the molecule is CCC[C@@H](C(=O)OCC)N1C(=O)C2C[C@@H]3CCCC[C@@H]3N2C(=O)[C@@H]1C. The third-order valence-electron chi connectivity index (χ3n) is 6.11. The summed E-state index contributed by atoms with van der Waals surface area (Å²) in [5, 5.41) is 0. The Morgan fingerprint density at radius 2 is 1.92 bits per heavy atom. The van der Waals surface area contributed by atoms with Crippen molar-refractivity contribution in [2.45, 2.75) is 89.9 Å². The van der Waals surface area contributed by atoms with Crippen molar-refractivity contribution < 1.29 is 19.1 Å². The van der Waals surface area contributed by atoms with Crippen LogP contribution in [-0.2, 0) is 19.1 Å². The fraction of sp³-hybridized carbons (Fsp3) is 0.842. The molecule has 2 amide bonds. The predicted molar refractivity (Wildman–Crippen MR) is 92.6 cm³/mol. The normalized spacial score (nSPS) is 33.1. The van der Waals surface area contributed by atoms with Gasteiger partial charge >= 0.3 is 5.97 Å². The maximum Gasteiger partial charge on any atom is 0.328 e. The van der Waals surface area contributed by atoms with Crippen LogP contribution < -0.4 is 0 Å². The zero-order chi connectivity index (χ0) is 18.1. The third-order valence-corrected chi connectivity index (χ3v) is 6.11. The van der Waals surface area contributed by atoms with Crippen LogP contribution in [0, 0.1) is 5.92 Å². The van der Waals surface area contributed by atoms with E-state index in [0.717, 1.165) is 32.1 Å². The molecule has 3 rings (SSSR count). The van der Waals surface area contributed by atoms with E-state index in [1.807, 2.05) is 11.8 Å². The van der Waals surface area contributed by atoms with Gasteiger partial charge in [0.2, 0.25) is 11.8 Å². The molecule has 0 radical (unpaired) electrons. The van der Waals surface area contributed by atoms with Crippen LogP contribution in [0.4, 0.5) is 0 Å². The van der Waals surface area contributed by atoms with Crippen molar-refractivity contribution in [2.75, 3.05) is 6.61 Å². The van der Waals surface area contributed by atoms with Gasteiger partial charge in [-0.1, -0.05) is 26.2 Å².